The molecular formula is C12H23NO2. The van der Waals surface area contributed by atoms with Gasteiger partial charge >= 0.3 is 0 Å². The lowest BCUT2D eigenvalue weighted by Crippen LogP contribution is -2.43. The van der Waals surface area contributed by atoms with Crippen molar-refractivity contribution < 1.29 is 9.84 Å². The molecule has 0 amide bonds. The molecule has 15 heavy (non-hydrogen) atoms. The maximum atomic E-state index is 9.55. The van der Waals surface area contributed by atoms with Gasteiger partial charge in [0.2, 0.25) is 0 Å². The van der Waals surface area contributed by atoms with Gasteiger partial charge in [-0.1, -0.05) is 19.3 Å². The van der Waals surface area contributed by atoms with Gasteiger partial charge in [0.05, 0.1) is 18.2 Å². The summed E-state index contributed by atoms with van der Waals surface area (Å²) in [6.45, 7) is 7.45. The highest BCUT2D eigenvalue weighted by Crippen LogP contribution is 1.99. The zero-order valence-electron chi connectivity index (χ0n) is 10.0. The Hall–Kier alpha value is -0.560. The van der Waals surface area contributed by atoms with Crippen LogP contribution in [0.25, 0.3) is 0 Å². The Bertz CT molecular complexity index is 196. The Morgan fingerprint density at radius 2 is 2.20 bits per heavy atom. The van der Waals surface area contributed by atoms with E-state index in [-0.39, 0.29) is 5.54 Å². The van der Waals surface area contributed by atoms with Gasteiger partial charge in [0.15, 0.2) is 0 Å². The van der Waals surface area contributed by atoms with Crippen molar-refractivity contribution >= 4 is 0 Å². The van der Waals surface area contributed by atoms with Crippen LogP contribution in [0.15, 0.2) is 0 Å². The van der Waals surface area contributed by atoms with E-state index >= 15 is 0 Å². The second-order valence-corrected chi connectivity index (χ2v) is 4.23. The maximum Gasteiger partial charge on any atom is 0.0898 e. The second-order valence-electron chi connectivity index (χ2n) is 4.23. The summed E-state index contributed by atoms with van der Waals surface area (Å²) in [6.07, 6.45) is 6.96. The summed E-state index contributed by atoms with van der Waals surface area (Å²) >= 11 is 0. The molecule has 0 spiro atoms. The highest BCUT2D eigenvalue weighted by molar-refractivity contribution is 5.07. The molecule has 0 aromatic rings. The predicted octanol–water partition coefficient (Wildman–Crippen LogP) is 1.17. The molecule has 0 aliphatic heterocycles. The van der Waals surface area contributed by atoms with E-state index in [4.69, 9.17) is 11.2 Å². The van der Waals surface area contributed by atoms with Crippen LogP contribution in [0, 0.1) is 12.3 Å². The molecule has 88 valence electrons. The SMILES string of the molecule is C#CC(C)(C)NCC(O)COCCCC. The van der Waals surface area contributed by atoms with Crippen LogP contribution in [0.4, 0.5) is 0 Å². The van der Waals surface area contributed by atoms with Gasteiger partial charge in [-0.15, -0.1) is 6.42 Å². The lowest BCUT2D eigenvalue weighted by atomic mass is 10.1. The van der Waals surface area contributed by atoms with Crippen LogP contribution in [0.5, 0.6) is 0 Å². The molecule has 3 heteroatoms. The molecule has 0 radical (unpaired) electrons. The van der Waals surface area contributed by atoms with Gasteiger partial charge in [-0.2, -0.15) is 0 Å². The third-order valence-corrected chi connectivity index (χ3v) is 2.09. The normalized spacial score (nSPS) is 13.5. The molecule has 1 atom stereocenters. The monoisotopic (exact) mass is 213 g/mol. The van der Waals surface area contributed by atoms with Crippen molar-refractivity contribution in [3.63, 3.8) is 0 Å². The Morgan fingerprint density at radius 1 is 1.53 bits per heavy atom. The lowest BCUT2D eigenvalue weighted by Gasteiger charge is -2.21. The van der Waals surface area contributed by atoms with Crippen molar-refractivity contribution in [2.75, 3.05) is 19.8 Å². The number of unbranched alkanes of at least 4 members (excludes halogenated alkanes) is 1. The third kappa shape index (κ3) is 8.44. The van der Waals surface area contributed by atoms with Gasteiger partial charge in [-0.3, -0.25) is 5.32 Å². The molecule has 1 unspecified atom stereocenters. The second kappa shape index (κ2) is 7.70. The van der Waals surface area contributed by atoms with E-state index in [0.717, 1.165) is 12.8 Å². The summed E-state index contributed by atoms with van der Waals surface area (Å²) in [4.78, 5) is 0. The number of β-amino-alcohol motifs (C(OH)–C–C–N with tert-alkyl or cyclic N) is 1. The number of rotatable bonds is 8. The molecular weight excluding hydrogens is 190 g/mol. The van der Waals surface area contributed by atoms with Crippen molar-refractivity contribution in [1.82, 2.24) is 5.32 Å². The Labute approximate surface area is 93.2 Å². The van der Waals surface area contributed by atoms with E-state index < -0.39 is 6.10 Å². The largest absolute Gasteiger partial charge is 0.389 e. The summed E-state index contributed by atoms with van der Waals surface area (Å²) in [5.41, 5.74) is -0.371. The van der Waals surface area contributed by atoms with Crippen molar-refractivity contribution in [1.29, 1.82) is 0 Å². The van der Waals surface area contributed by atoms with Crippen molar-refractivity contribution in [2.24, 2.45) is 0 Å². The molecule has 0 rings (SSSR count). The fraction of sp³-hybridized carbons (Fsp3) is 0.833. The van der Waals surface area contributed by atoms with E-state index in [1.807, 2.05) is 13.8 Å². The maximum absolute atomic E-state index is 9.55. The molecule has 0 aliphatic rings. The van der Waals surface area contributed by atoms with Crippen molar-refractivity contribution in [3.8, 4) is 12.3 Å². The Balaban J connectivity index is 3.50. The van der Waals surface area contributed by atoms with E-state index in [9.17, 15) is 5.11 Å². The number of hydrogen-bond acceptors (Lipinski definition) is 3. The van der Waals surface area contributed by atoms with Crippen LogP contribution in [-0.4, -0.2) is 36.5 Å². The topological polar surface area (TPSA) is 41.5 Å². The summed E-state index contributed by atoms with van der Waals surface area (Å²) in [7, 11) is 0. The minimum atomic E-state index is -0.491. The van der Waals surface area contributed by atoms with Crippen LogP contribution in [-0.2, 0) is 4.74 Å². The number of hydrogen-bond donors (Lipinski definition) is 2. The number of aliphatic hydroxyl groups excluding tert-OH is 1. The van der Waals surface area contributed by atoms with E-state index in [2.05, 4.69) is 18.2 Å². The quantitative estimate of drug-likeness (QED) is 0.470. The molecule has 0 aromatic heterocycles. The number of aliphatic hydroxyl groups is 1. The predicted molar refractivity (Wildman–Crippen MR) is 62.6 cm³/mol. The minimum Gasteiger partial charge on any atom is -0.389 e. The average Bonchev–Trinajstić information content (AvgIpc) is 2.22. The van der Waals surface area contributed by atoms with Gasteiger partial charge in [0.1, 0.15) is 0 Å². The van der Waals surface area contributed by atoms with Crippen molar-refractivity contribution in [3.05, 3.63) is 0 Å². The minimum absolute atomic E-state index is 0.369. The van der Waals surface area contributed by atoms with Gasteiger partial charge in [0.25, 0.3) is 0 Å². The molecule has 0 heterocycles. The zero-order chi connectivity index (χ0) is 11.7. The summed E-state index contributed by atoms with van der Waals surface area (Å²) in [5, 5.41) is 12.6. The van der Waals surface area contributed by atoms with Crippen LogP contribution < -0.4 is 5.32 Å². The number of nitrogens with one attached hydrogen (secondary N) is 1. The molecule has 0 fully saturated rings. The van der Waals surface area contributed by atoms with Crippen LogP contribution in [0.3, 0.4) is 0 Å². The third-order valence-electron chi connectivity index (χ3n) is 2.09. The molecule has 0 bridgehead atoms. The molecule has 0 aromatic carbocycles. The number of ether oxygens (including phenoxy) is 1. The molecule has 0 saturated heterocycles. The van der Waals surface area contributed by atoms with Gasteiger partial charge in [-0.05, 0) is 20.3 Å². The molecule has 2 N–H and O–H groups in total. The first-order valence-corrected chi connectivity index (χ1v) is 5.50. The zero-order valence-corrected chi connectivity index (χ0v) is 10.0. The Morgan fingerprint density at radius 3 is 2.73 bits per heavy atom. The highest BCUT2D eigenvalue weighted by Gasteiger charge is 2.14. The first-order valence-electron chi connectivity index (χ1n) is 5.50. The fourth-order valence-electron chi connectivity index (χ4n) is 0.949. The first kappa shape index (κ1) is 14.4. The van der Waals surface area contributed by atoms with Gasteiger partial charge in [0, 0.05) is 13.2 Å². The summed E-state index contributed by atoms with van der Waals surface area (Å²) in [5.74, 6) is 2.61. The Kier molecular flexibility index (Phi) is 7.41. The fourth-order valence-corrected chi connectivity index (χ4v) is 0.949. The smallest absolute Gasteiger partial charge is 0.0898 e. The standard InChI is InChI=1S/C12H23NO2/c1-5-7-8-15-10-11(14)9-13-12(3,4)6-2/h2,11,13-14H,5,7-10H2,1,3-4H3. The molecule has 0 saturated carbocycles. The van der Waals surface area contributed by atoms with Crippen LogP contribution in [0.2, 0.25) is 0 Å². The molecule has 3 nitrogen and oxygen atoms in total. The van der Waals surface area contributed by atoms with E-state index in [0.29, 0.717) is 19.8 Å². The van der Waals surface area contributed by atoms with Crippen LogP contribution in [0.1, 0.15) is 33.6 Å². The van der Waals surface area contributed by atoms with Gasteiger partial charge in [-0.25, -0.2) is 0 Å². The summed E-state index contributed by atoms with van der Waals surface area (Å²) < 4.78 is 5.29. The van der Waals surface area contributed by atoms with Crippen molar-refractivity contribution in [2.45, 2.75) is 45.3 Å². The first-order chi connectivity index (χ1) is 7.02. The average molecular weight is 213 g/mol. The van der Waals surface area contributed by atoms with Gasteiger partial charge < -0.3 is 9.84 Å². The van der Waals surface area contributed by atoms with E-state index in [1.165, 1.54) is 0 Å². The summed E-state index contributed by atoms with van der Waals surface area (Å²) in [6, 6.07) is 0. The van der Waals surface area contributed by atoms with Crippen LogP contribution >= 0.6 is 0 Å². The van der Waals surface area contributed by atoms with E-state index in [1.54, 1.807) is 0 Å². The highest BCUT2D eigenvalue weighted by atomic mass is 16.5. The lowest BCUT2D eigenvalue weighted by molar-refractivity contribution is 0.0339. The molecule has 0 aliphatic carbocycles. The number of terminal acetylenes is 1.